The molecule has 38 heavy (non-hydrogen) atoms. The molecule has 0 fully saturated rings. The Bertz CT molecular complexity index is 1530. The number of aryl methyl sites for hydroxylation is 1. The maximum atomic E-state index is 11.7. The number of nitrogens with zero attached hydrogens (tertiary/aromatic N) is 3. The normalized spacial score (nSPS) is 15.6. The van der Waals surface area contributed by atoms with Crippen molar-refractivity contribution in [3.05, 3.63) is 70.3 Å². The molecule has 0 amide bonds. The van der Waals surface area contributed by atoms with Crippen LogP contribution in [0.5, 0.6) is 0 Å². The number of aromatic nitrogens is 1. The van der Waals surface area contributed by atoms with Gasteiger partial charge in [-0.05, 0) is 44.2 Å². The van der Waals surface area contributed by atoms with E-state index in [0.717, 1.165) is 23.7 Å². The molecule has 3 aromatic rings. The van der Waals surface area contributed by atoms with Crippen molar-refractivity contribution in [1.29, 1.82) is 0 Å². The van der Waals surface area contributed by atoms with Gasteiger partial charge < -0.3 is 23.5 Å². The summed E-state index contributed by atoms with van der Waals surface area (Å²) in [4.78, 5) is 15.4. The zero-order chi connectivity index (χ0) is 27.6. The summed E-state index contributed by atoms with van der Waals surface area (Å²) in [7, 11) is -4.68. The average molecular weight is 580 g/mol. The molecule has 2 aromatic carbocycles. The van der Waals surface area contributed by atoms with Gasteiger partial charge in [-0.1, -0.05) is 35.3 Å². The van der Waals surface area contributed by atoms with Crippen LogP contribution in [-0.2, 0) is 26.2 Å². The van der Waals surface area contributed by atoms with Crippen molar-refractivity contribution in [2.24, 2.45) is 0 Å². The average Bonchev–Trinajstić information content (AvgIpc) is 3.32. The van der Waals surface area contributed by atoms with Crippen molar-refractivity contribution < 1.29 is 31.5 Å². The lowest BCUT2D eigenvalue weighted by Crippen LogP contribution is -2.39. The van der Waals surface area contributed by atoms with Gasteiger partial charge in [0.2, 0.25) is 5.58 Å². The smallest absolute Gasteiger partial charge is 0.374 e. The van der Waals surface area contributed by atoms with Crippen LogP contribution in [0.4, 0.5) is 11.4 Å². The highest BCUT2D eigenvalue weighted by atomic mass is 35.5. The number of carbonyl (C=O) groups excluding carboxylic acids is 1. The Kier molecular flexibility index (Phi) is 8.37. The fourth-order valence-electron chi connectivity index (χ4n) is 4.56. The van der Waals surface area contributed by atoms with Gasteiger partial charge in [0.15, 0.2) is 0 Å². The van der Waals surface area contributed by atoms with E-state index in [1.807, 2.05) is 65.8 Å². The monoisotopic (exact) mass is 579 g/mol. The maximum Gasteiger partial charge on any atom is 0.374 e. The summed E-state index contributed by atoms with van der Waals surface area (Å²) in [6.07, 6.45) is 4.26. The van der Waals surface area contributed by atoms with Crippen molar-refractivity contribution in [3.8, 4) is 0 Å². The van der Waals surface area contributed by atoms with Crippen molar-refractivity contribution >= 4 is 67.8 Å². The van der Waals surface area contributed by atoms with Crippen molar-refractivity contribution in [2.75, 3.05) is 28.6 Å². The van der Waals surface area contributed by atoms with Crippen LogP contribution < -0.4 is 14.4 Å². The number of halogens is 2. The van der Waals surface area contributed by atoms with Crippen LogP contribution in [0, 0.1) is 0 Å². The molecule has 202 valence electrons. The van der Waals surface area contributed by atoms with E-state index in [-0.39, 0.29) is 6.54 Å². The third-order valence-corrected chi connectivity index (χ3v) is 7.52. The van der Waals surface area contributed by atoms with Crippen molar-refractivity contribution in [3.63, 3.8) is 0 Å². The zero-order valence-electron chi connectivity index (χ0n) is 21.1. The summed E-state index contributed by atoms with van der Waals surface area (Å²) >= 11 is 12.6. The SMILES string of the molecule is CCN1/C(=C\C=C\c2oc3ccccc3[n+]2CC)N(CC(CS(=O)(=O)[O-])OC(C)=O)c2cc(Cl)c(Cl)cc21. The van der Waals surface area contributed by atoms with E-state index in [1.165, 1.54) is 0 Å². The zero-order valence-corrected chi connectivity index (χ0v) is 23.4. The molecule has 0 bridgehead atoms. The van der Waals surface area contributed by atoms with E-state index in [4.69, 9.17) is 32.4 Å². The van der Waals surface area contributed by atoms with Crippen molar-refractivity contribution in [2.45, 2.75) is 33.4 Å². The van der Waals surface area contributed by atoms with Crippen LogP contribution in [0.1, 0.15) is 26.7 Å². The third-order valence-electron chi connectivity index (χ3n) is 6.01. The molecule has 1 aromatic heterocycles. The number of hydrogen-bond donors (Lipinski definition) is 0. The molecule has 0 aliphatic carbocycles. The Morgan fingerprint density at radius 2 is 1.82 bits per heavy atom. The molecular weight excluding hydrogens is 553 g/mol. The Balaban J connectivity index is 1.77. The van der Waals surface area contributed by atoms with Crippen molar-refractivity contribution in [1.82, 2.24) is 0 Å². The molecule has 1 aliphatic heterocycles. The van der Waals surface area contributed by atoms with E-state index in [9.17, 15) is 17.8 Å². The molecule has 0 saturated heterocycles. The van der Waals surface area contributed by atoms with Gasteiger partial charge in [0.05, 0.1) is 49.9 Å². The van der Waals surface area contributed by atoms with Crippen LogP contribution in [0.25, 0.3) is 17.2 Å². The second kappa shape index (κ2) is 11.4. The third kappa shape index (κ3) is 5.99. The van der Waals surface area contributed by atoms with E-state index in [1.54, 1.807) is 17.0 Å². The number of hydrogen-bond acceptors (Lipinski definition) is 8. The number of carbonyl (C=O) groups is 1. The molecular formula is C26H27Cl2N3O6S. The second-order valence-corrected chi connectivity index (χ2v) is 10.9. The molecule has 1 atom stereocenters. The Hall–Kier alpha value is -3.05. The lowest BCUT2D eigenvalue weighted by molar-refractivity contribution is -0.674. The molecule has 9 nitrogen and oxygen atoms in total. The largest absolute Gasteiger partial charge is 0.748 e. The van der Waals surface area contributed by atoms with E-state index >= 15 is 0 Å². The quantitative estimate of drug-likeness (QED) is 0.203. The summed E-state index contributed by atoms with van der Waals surface area (Å²) < 4.78 is 47.9. The minimum Gasteiger partial charge on any atom is -0.748 e. The summed E-state index contributed by atoms with van der Waals surface area (Å²) in [6, 6.07) is 11.1. The van der Waals surface area contributed by atoms with Gasteiger partial charge in [0, 0.05) is 19.5 Å². The highest BCUT2D eigenvalue weighted by Gasteiger charge is 2.34. The second-order valence-electron chi connectivity index (χ2n) is 8.60. The van der Waals surface area contributed by atoms with Crippen LogP contribution in [0.3, 0.4) is 0 Å². The standard InChI is InChI=1S/C26H27Cl2N3O6S/c1-4-29-22-13-19(27)20(28)14-23(22)31(15-18(36-17(3)32)16-38(33,34)35)25(29)11-8-12-26-30(5-2)21-9-6-7-10-24(21)37-26/h6-14,18H,4-5,15-16H2,1-3H3. The molecule has 1 aliphatic rings. The number of fused-ring (bicyclic) bond motifs is 2. The number of rotatable bonds is 9. The summed E-state index contributed by atoms with van der Waals surface area (Å²) in [5.41, 5.74) is 3.10. The van der Waals surface area contributed by atoms with E-state index in [2.05, 4.69) is 0 Å². The Morgan fingerprint density at radius 1 is 1.16 bits per heavy atom. The fraction of sp³-hybridized carbons (Fsp3) is 0.308. The van der Waals surface area contributed by atoms with Gasteiger partial charge in [0.25, 0.3) is 5.52 Å². The number of benzene rings is 2. The highest BCUT2D eigenvalue weighted by molar-refractivity contribution is 7.85. The Morgan fingerprint density at radius 3 is 2.42 bits per heavy atom. The number of allylic oxidation sites excluding steroid dienone is 2. The topological polar surface area (TPSA) is 107 Å². The number of para-hydroxylation sites is 2. The van der Waals surface area contributed by atoms with Crippen LogP contribution in [0.2, 0.25) is 10.0 Å². The minimum atomic E-state index is -4.68. The first-order valence-electron chi connectivity index (χ1n) is 12.0. The Labute approximate surface area is 231 Å². The van der Waals surface area contributed by atoms with Crippen LogP contribution in [0.15, 0.2) is 58.8 Å². The molecule has 2 heterocycles. The number of esters is 1. The lowest BCUT2D eigenvalue weighted by atomic mass is 10.2. The first-order chi connectivity index (χ1) is 18.0. The summed E-state index contributed by atoms with van der Waals surface area (Å²) in [5.74, 6) is -0.266. The molecule has 0 spiro atoms. The maximum absolute atomic E-state index is 11.7. The minimum absolute atomic E-state index is 0.0955. The molecule has 0 saturated carbocycles. The van der Waals surface area contributed by atoms with E-state index < -0.39 is 27.9 Å². The summed E-state index contributed by atoms with van der Waals surface area (Å²) in [6.45, 7) is 6.28. The van der Waals surface area contributed by atoms with Gasteiger partial charge in [-0.2, -0.15) is 4.57 Å². The molecule has 0 radical (unpaired) electrons. The number of anilines is 2. The van der Waals surface area contributed by atoms with Crippen LogP contribution >= 0.6 is 23.2 Å². The van der Waals surface area contributed by atoms with Crippen LogP contribution in [-0.4, -0.2) is 43.9 Å². The van der Waals surface area contributed by atoms with Gasteiger partial charge in [-0.15, -0.1) is 0 Å². The van der Waals surface area contributed by atoms with Gasteiger partial charge >= 0.3 is 11.9 Å². The molecule has 12 heteroatoms. The van der Waals surface area contributed by atoms with Gasteiger partial charge in [0.1, 0.15) is 18.5 Å². The predicted molar refractivity (Wildman–Crippen MR) is 146 cm³/mol. The first-order valence-corrected chi connectivity index (χ1v) is 14.3. The molecule has 0 N–H and O–H groups in total. The first kappa shape index (κ1) is 28.0. The molecule has 4 rings (SSSR count). The van der Waals surface area contributed by atoms with Gasteiger partial charge in [-0.25, -0.2) is 8.42 Å². The number of ether oxygens (including phenoxy) is 1. The predicted octanol–water partition coefficient (Wildman–Crippen LogP) is 4.73. The van der Waals surface area contributed by atoms with Gasteiger partial charge in [-0.3, -0.25) is 4.79 Å². The highest BCUT2D eigenvalue weighted by Crippen LogP contribution is 2.45. The fourth-order valence-corrected chi connectivity index (χ4v) is 5.51. The number of oxazole rings is 1. The summed E-state index contributed by atoms with van der Waals surface area (Å²) in [5, 5.41) is 0.653. The molecule has 1 unspecified atom stereocenters. The lowest BCUT2D eigenvalue weighted by Gasteiger charge is -2.28. The van der Waals surface area contributed by atoms with E-state index in [0.29, 0.717) is 40.5 Å².